The lowest BCUT2D eigenvalue weighted by atomic mass is 9.97. The third-order valence-corrected chi connectivity index (χ3v) is 4.00. The summed E-state index contributed by atoms with van der Waals surface area (Å²) in [5.74, 6) is -0.114. The van der Waals surface area contributed by atoms with Crippen molar-refractivity contribution in [3.63, 3.8) is 0 Å². The van der Waals surface area contributed by atoms with Crippen LogP contribution in [0.15, 0.2) is 18.2 Å². The summed E-state index contributed by atoms with van der Waals surface area (Å²) in [6.45, 7) is 0.843. The van der Waals surface area contributed by atoms with Gasteiger partial charge in [-0.15, -0.1) is 0 Å². The molecule has 1 aromatic rings. The molecule has 1 aliphatic rings. The average molecular weight is 315 g/mol. The normalized spacial score (nSPS) is 18.6. The molecule has 0 spiro atoms. The highest BCUT2D eigenvalue weighted by atomic mass is 35.5. The zero-order valence-electron chi connectivity index (χ0n) is 11.2. The molecule has 0 bridgehead atoms. The van der Waals surface area contributed by atoms with Crippen LogP contribution in [0.1, 0.15) is 18.4 Å². The number of nitrogens with one attached hydrogen (secondary N) is 1. The predicted octanol–water partition coefficient (Wildman–Crippen LogP) is 2.48. The minimum absolute atomic E-state index is 0.0115. The van der Waals surface area contributed by atoms with E-state index in [0.29, 0.717) is 36.0 Å². The van der Waals surface area contributed by atoms with Gasteiger partial charge in [-0.3, -0.25) is 9.59 Å². The first-order chi connectivity index (χ1) is 9.47. The largest absolute Gasteiger partial charge is 0.355 e. The molecule has 0 radical (unpaired) electrons. The lowest BCUT2D eigenvalue weighted by Gasteiger charge is -2.27. The summed E-state index contributed by atoms with van der Waals surface area (Å²) < 4.78 is 0. The Bertz CT molecular complexity index is 524. The Labute approximate surface area is 128 Å². The zero-order valence-corrected chi connectivity index (χ0v) is 12.7. The van der Waals surface area contributed by atoms with Crippen molar-refractivity contribution in [2.45, 2.75) is 19.4 Å². The van der Waals surface area contributed by atoms with E-state index in [1.165, 1.54) is 0 Å². The topological polar surface area (TPSA) is 49.4 Å². The number of carbonyl (C=O) groups is 2. The number of hydrogen-bond donors (Lipinski definition) is 1. The Morgan fingerprint density at radius 3 is 2.80 bits per heavy atom. The van der Waals surface area contributed by atoms with E-state index in [4.69, 9.17) is 23.2 Å². The fraction of sp³-hybridized carbons (Fsp3) is 0.429. The van der Waals surface area contributed by atoms with E-state index in [1.54, 1.807) is 24.1 Å². The van der Waals surface area contributed by atoms with Crippen LogP contribution in [-0.4, -0.2) is 30.3 Å². The van der Waals surface area contributed by atoms with Gasteiger partial charge in [0, 0.05) is 36.6 Å². The van der Waals surface area contributed by atoms with Crippen molar-refractivity contribution in [3.05, 3.63) is 33.8 Å². The zero-order chi connectivity index (χ0) is 14.7. The minimum Gasteiger partial charge on any atom is -0.355 e. The van der Waals surface area contributed by atoms with E-state index in [1.807, 2.05) is 6.07 Å². The summed E-state index contributed by atoms with van der Waals surface area (Å²) in [7, 11) is 1.74. The summed E-state index contributed by atoms with van der Waals surface area (Å²) >= 11 is 12.0. The van der Waals surface area contributed by atoms with Gasteiger partial charge in [-0.2, -0.15) is 0 Å². The van der Waals surface area contributed by atoms with Crippen molar-refractivity contribution in [2.75, 3.05) is 13.6 Å². The lowest BCUT2D eigenvalue weighted by Crippen LogP contribution is -2.43. The number of amides is 2. The Balaban J connectivity index is 1.98. The maximum absolute atomic E-state index is 12.3. The van der Waals surface area contributed by atoms with E-state index in [-0.39, 0.29) is 17.7 Å². The van der Waals surface area contributed by atoms with Crippen molar-refractivity contribution in [3.8, 4) is 0 Å². The second-order valence-electron chi connectivity index (χ2n) is 4.97. The molecule has 0 aromatic heterocycles. The summed E-state index contributed by atoms with van der Waals surface area (Å²) in [6, 6.07) is 5.23. The van der Waals surface area contributed by atoms with Crippen LogP contribution in [0.3, 0.4) is 0 Å². The van der Waals surface area contributed by atoms with Crippen LogP contribution in [0.4, 0.5) is 0 Å². The fourth-order valence-corrected chi connectivity index (χ4v) is 2.71. The highest BCUT2D eigenvalue weighted by Gasteiger charge is 2.27. The number of nitrogens with zero attached hydrogens (tertiary/aromatic N) is 1. The van der Waals surface area contributed by atoms with Gasteiger partial charge in [0.1, 0.15) is 0 Å². The van der Waals surface area contributed by atoms with Gasteiger partial charge in [-0.05, 0) is 24.1 Å². The number of piperidine rings is 1. The average Bonchev–Trinajstić information content (AvgIpc) is 2.42. The van der Waals surface area contributed by atoms with Crippen LogP contribution < -0.4 is 5.32 Å². The Morgan fingerprint density at radius 2 is 2.20 bits per heavy atom. The van der Waals surface area contributed by atoms with Gasteiger partial charge in [-0.1, -0.05) is 29.3 Å². The van der Waals surface area contributed by atoms with Gasteiger partial charge in [0.25, 0.3) is 0 Å². The van der Waals surface area contributed by atoms with Gasteiger partial charge in [0.05, 0.1) is 5.92 Å². The molecule has 2 rings (SSSR count). The van der Waals surface area contributed by atoms with E-state index in [9.17, 15) is 9.59 Å². The first-order valence-corrected chi connectivity index (χ1v) is 7.18. The Kier molecular flexibility index (Phi) is 4.89. The van der Waals surface area contributed by atoms with Crippen LogP contribution in [0.2, 0.25) is 10.0 Å². The van der Waals surface area contributed by atoms with Crippen LogP contribution in [-0.2, 0) is 16.1 Å². The number of rotatable bonds is 3. The molecule has 1 aliphatic heterocycles. The second kappa shape index (κ2) is 6.46. The first kappa shape index (κ1) is 15.1. The molecule has 1 fully saturated rings. The van der Waals surface area contributed by atoms with Crippen molar-refractivity contribution in [1.82, 2.24) is 10.2 Å². The molecule has 0 aliphatic carbocycles. The third kappa shape index (κ3) is 3.64. The molecule has 108 valence electrons. The highest BCUT2D eigenvalue weighted by Crippen LogP contribution is 2.23. The number of carbonyl (C=O) groups excluding carboxylic acids is 2. The second-order valence-corrected chi connectivity index (χ2v) is 5.81. The molecule has 20 heavy (non-hydrogen) atoms. The van der Waals surface area contributed by atoms with Gasteiger partial charge in [0.2, 0.25) is 11.8 Å². The molecule has 2 amide bonds. The third-order valence-electron chi connectivity index (χ3n) is 3.41. The van der Waals surface area contributed by atoms with Gasteiger partial charge < -0.3 is 10.2 Å². The standard InChI is InChI=1S/C14H16Cl2N2O2/c1-18(8-10-2-4-11(15)6-12(10)16)14(20)9-3-5-13(19)17-7-9/h2,4,6,9H,3,5,7-8H2,1H3,(H,17,19). The lowest BCUT2D eigenvalue weighted by molar-refractivity contribution is -0.136. The maximum Gasteiger partial charge on any atom is 0.227 e. The van der Waals surface area contributed by atoms with Gasteiger partial charge in [-0.25, -0.2) is 0 Å². The molecular formula is C14H16Cl2N2O2. The molecule has 1 saturated heterocycles. The van der Waals surface area contributed by atoms with Crippen molar-refractivity contribution < 1.29 is 9.59 Å². The summed E-state index contributed by atoms with van der Waals surface area (Å²) in [5, 5.41) is 3.84. The molecular weight excluding hydrogens is 299 g/mol. The molecule has 1 atom stereocenters. The van der Waals surface area contributed by atoms with E-state index in [0.717, 1.165) is 5.56 Å². The van der Waals surface area contributed by atoms with Crippen molar-refractivity contribution in [1.29, 1.82) is 0 Å². The van der Waals surface area contributed by atoms with Crippen LogP contribution in [0.25, 0.3) is 0 Å². The van der Waals surface area contributed by atoms with Gasteiger partial charge in [0.15, 0.2) is 0 Å². The summed E-state index contributed by atoms with van der Waals surface area (Å²) in [4.78, 5) is 25.0. The monoisotopic (exact) mass is 314 g/mol. The van der Waals surface area contributed by atoms with Crippen molar-refractivity contribution >= 4 is 35.0 Å². The maximum atomic E-state index is 12.3. The van der Waals surface area contributed by atoms with E-state index >= 15 is 0 Å². The summed E-state index contributed by atoms with van der Waals surface area (Å²) in [5.41, 5.74) is 0.853. The summed E-state index contributed by atoms with van der Waals surface area (Å²) in [6.07, 6.45) is 1.01. The molecule has 1 N–H and O–H groups in total. The van der Waals surface area contributed by atoms with Crippen LogP contribution in [0, 0.1) is 5.92 Å². The Morgan fingerprint density at radius 1 is 1.45 bits per heavy atom. The molecule has 1 heterocycles. The SMILES string of the molecule is CN(Cc1ccc(Cl)cc1Cl)C(=O)C1CCC(=O)NC1. The Hall–Kier alpha value is -1.26. The quantitative estimate of drug-likeness (QED) is 0.931. The van der Waals surface area contributed by atoms with E-state index in [2.05, 4.69) is 5.32 Å². The predicted molar refractivity (Wildman–Crippen MR) is 78.7 cm³/mol. The van der Waals surface area contributed by atoms with Crippen LogP contribution >= 0.6 is 23.2 Å². The number of hydrogen-bond acceptors (Lipinski definition) is 2. The van der Waals surface area contributed by atoms with E-state index < -0.39 is 0 Å². The minimum atomic E-state index is -0.149. The van der Waals surface area contributed by atoms with Crippen LogP contribution in [0.5, 0.6) is 0 Å². The molecule has 4 nitrogen and oxygen atoms in total. The number of benzene rings is 1. The smallest absolute Gasteiger partial charge is 0.227 e. The first-order valence-electron chi connectivity index (χ1n) is 6.43. The fourth-order valence-electron chi connectivity index (χ4n) is 2.24. The van der Waals surface area contributed by atoms with Crippen molar-refractivity contribution in [2.24, 2.45) is 5.92 Å². The molecule has 1 aromatic carbocycles. The molecule has 0 saturated carbocycles. The molecule has 6 heteroatoms. The number of halogens is 2. The molecule has 1 unspecified atom stereocenters. The van der Waals surface area contributed by atoms with Gasteiger partial charge >= 0.3 is 0 Å². The highest BCUT2D eigenvalue weighted by molar-refractivity contribution is 6.35.